The summed E-state index contributed by atoms with van der Waals surface area (Å²) in [6.45, 7) is 0. The van der Waals surface area contributed by atoms with Crippen LogP contribution >= 0.6 is 24.8 Å². The number of carboxylic acid groups (broad SMARTS) is 2. The van der Waals surface area contributed by atoms with E-state index in [1.807, 2.05) is 0 Å². The lowest BCUT2D eigenvalue weighted by molar-refractivity contribution is -0.142. The van der Waals surface area contributed by atoms with Crippen molar-refractivity contribution in [2.75, 3.05) is 7.05 Å². The maximum atomic E-state index is 10.7. The molecule has 0 radical (unpaired) electrons. The molecular formula is C7H11NO4S2. The van der Waals surface area contributed by atoms with Gasteiger partial charge in [0.15, 0.2) is 0 Å². The van der Waals surface area contributed by atoms with Crippen LogP contribution in [0.3, 0.4) is 0 Å². The van der Waals surface area contributed by atoms with Crippen LogP contribution in [-0.4, -0.2) is 44.5 Å². The lowest BCUT2D eigenvalue weighted by Gasteiger charge is -2.24. The molecule has 0 bridgehead atoms. The highest BCUT2D eigenvalue weighted by atomic mass is 32.1. The summed E-state index contributed by atoms with van der Waals surface area (Å²) in [5.74, 6) is -2.14. The number of thiol groups is 1. The molecule has 7 heteroatoms. The van der Waals surface area contributed by atoms with E-state index in [4.69, 9.17) is 10.2 Å². The summed E-state index contributed by atoms with van der Waals surface area (Å²) in [6.07, 6.45) is -0.209. The summed E-state index contributed by atoms with van der Waals surface area (Å²) in [5, 5.41) is 17.2. The van der Waals surface area contributed by atoms with Gasteiger partial charge in [0.05, 0.1) is 0 Å². The van der Waals surface area contributed by atoms with Gasteiger partial charge >= 0.3 is 11.9 Å². The van der Waals surface area contributed by atoms with Gasteiger partial charge in [0.1, 0.15) is 10.4 Å². The summed E-state index contributed by atoms with van der Waals surface area (Å²) in [7, 11) is 1.47. The number of hydrogen-bond acceptors (Lipinski definition) is 3. The third kappa shape index (κ3) is 4.43. The molecule has 0 aromatic carbocycles. The molecule has 0 saturated heterocycles. The summed E-state index contributed by atoms with van der Waals surface area (Å²) in [4.78, 5) is 22.2. The molecule has 2 N–H and O–H groups in total. The fraction of sp³-hybridized carbons (Fsp3) is 0.571. The van der Waals surface area contributed by atoms with Crippen molar-refractivity contribution < 1.29 is 19.8 Å². The van der Waals surface area contributed by atoms with Gasteiger partial charge in [-0.1, -0.05) is 12.2 Å². The van der Waals surface area contributed by atoms with Crippen molar-refractivity contribution in [2.24, 2.45) is 0 Å². The predicted molar refractivity (Wildman–Crippen MR) is 57.6 cm³/mol. The largest absolute Gasteiger partial charge is 0.481 e. The van der Waals surface area contributed by atoms with Gasteiger partial charge in [-0.15, -0.1) is 12.6 Å². The van der Waals surface area contributed by atoms with Crippen LogP contribution in [0.15, 0.2) is 0 Å². The Hall–Kier alpha value is -0.820. The Balaban J connectivity index is 4.37. The predicted octanol–water partition coefficient (Wildman–Crippen LogP) is 0.451. The molecule has 0 aliphatic rings. The zero-order valence-electron chi connectivity index (χ0n) is 7.51. The van der Waals surface area contributed by atoms with Crippen molar-refractivity contribution >= 4 is 41.1 Å². The van der Waals surface area contributed by atoms with Crippen LogP contribution in [0, 0.1) is 0 Å². The molecule has 0 unspecified atom stereocenters. The first-order chi connectivity index (χ1) is 6.36. The van der Waals surface area contributed by atoms with E-state index < -0.39 is 18.0 Å². The van der Waals surface area contributed by atoms with Crippen LogP contribution < -0.4 is 0 Å². The third-order valence-electron chi connectivity index (χ3n) is 1.69. The van der Waals surface area contributed by atoms with Crippen molar-refractivity contribution in [1.82, 2.24) is 4.90 Å². The van der Waals surface area contributed by atoms with E-state index in [2.05, 4.69) is 24.8 Å². The molecule has 0 aromatic rings. The van der Waals surface area contributed by atoms with Crippen molar-refractivity contribution in [1.29, 1.82) is 0 Å². The highest BCUT2D eigenvalue weighted by Gasteiger charge is 2.23. The second-order valence-electron chi connectivity index (χ2n) is 2.68. The molecule has 0 spiro atoms. The monoisotopic (exact) mass is 237 g/mol. The standard InChI is InChI=1S/C7H11NO4S2/c1-8(7(13)14)4(6(11)12)2-3-5(9)10/h4H,2-3H2,1H3,(H,9,10)(H,11,12)(H,13,14)/t4-/m1/s1. The van der Waals surface area contributed by atoms with Gasteiger partial charge in [0.2, 0.25) is 0 Å². The van der Waals surface area contributed by atoms with E-state index in [9.17, 15) is 9.59 Å². The fourth-order valence-corrected chi connectivity index (χ4v) is 1.14. The van der Waals surface area contributed by atoms with Gasteiger partial charge in [-0.3, -0.25) is 4.79 Å². The highest BCUT2D eigenvalue weighted by molar-refractivity contribution is 8.10. The SMILES string of the molecule is CN(C(=S)S)[C@H](CCC(=O)O)C(=O)O. The molecule has 1 atom stereocenters. The molecule has 0 aliphatic heterocycles. The second kappa shape index (κ2) is 5.82. The van der Waals surface area contributed by atoms with Crippen LogP contribution in [0.5, 0.6) is 0 Å². The van der Waals surface area contributed by atoms with Crippen LogP contribution in [0.2, 0.25) is 0 Å². The van der Waals surface area contributed by atoms with Crippen molar-refractivity contribution in [2.45, 2.75) is 18.9 Å². The Morgan fingerprint density at radius 2 is 2.00 bits per heavy atom. The first kappa shape index (κ1) is 13.2. The van der Waals surface area contributed by atoms with Crippen LogP contribution in [0.1, 0.15) is 12.8 Å². The number of aliphatic carboxylic acids is 2. The normalized spacial score (nSPS) is 11.9. The van der Waals surface area contributed by atoms with Gasteiger partial charge in [-0.05, 0) is 6.42 Å². The molecule has 0 aliphatic carbocycles. The summed E-state index contributed by atoms with van der Waals surface area (Å²) in [5.41, 5.74) is 0. The second-order valence-corrected chi connectivity index (χ2v) is 3.79. The average Bonchev–Trinajstić information content (AvgIpc) is 2.02. The quantitative estimate of drug-likeness (QED) is 0.476. The molecule has 0 aromatic heterocycles. The van der Waals surface area contributed by atoms with Gasteiger partial charge < -0.3 is 15.1 Å². The minimum absolute atomic E-state index is 0.00185. The first-order valence-corrected chi connectivity index (χ1v) is 4.62. The first-order valence-electron chi connectivity index (χ1n) is 3.76. The average molecular weight is 237 g/mol. The minimum atomic E-state index is -1.11. The number of carboxylic acids is 2. The number of likely N-dealkylation sites (N-methyl/N-ethyl adjacent to an activating group) is 1. The summed E-state index contributed by atoms with van der Waals surface area (Å²) < 4.78 is 0.128. The highest BCUT2D eigenvalue weighted by Crippen LogP contribution is 2.08. The van der Waals surface area contributed by atoms with Gasteiger partial charge in [0.25, 0.3) is 0 Å². The lowest BCUT2D eigenvalue weighted by atomic mass is 10.1. The zero-order valence-corrected chi connectivity index (χ0v) is 9.22. The van der Waals surface area contributed by atoms with E-state index in [1.165, 1.54) is 11.9 Å². The van der Waals surface area contributed by atoms with E-state index in [1.54, 1.807) is 0 Å². The Kier molecular flexibility index (Phi) is 5.47. The smallest absolute Gasteiger partial charge is 0.326 e. The van der Waals surface area contributed by atoms with Gasteiger partial charge in [-0.2, -0.15) is 0 Å². The van der Waals surface area contributed by atoms with Crippen LogP contribution in [0.25, 0.3) is 0 Å². The Labute approximate surface area is 92.1 Å². The molecule has 14 heavy (non-hydrogen) atoms. The molecule has 5 nitrogen and oxygen atoms in total. The summed E-state index contributed by atoms with van der Waals surface area (Å²) >= 11 is 8.49. The Morgan fingerprint density at radius 3 is 2.29 bits per heavy atom. The third-order valence-corrected chi connectivity index (χ3v) is 2.29. The number of thiocarbonyl (C=S) groups is 1. The maximum absolute atomic E-state index is 10.7. The van der Waals surface area contributed by atoms with E-state index in [-0.39, 0.29) is 17.2 Å². The maximum Gasteiger partial charge on any atom is 0.326 e. The molecule has 0 saturated carbocycles. The fourth-order valence-electron chi connectivity index (χ4n) is 0.876. The van der Waals surface area contributed by atoms with Crippen LogP contribution in [-0.2, 0) is 9.59 Å². The summed E-state index contributed by atoms with van der Waals surface area (Å²) in [6, 6.07) is -0.934. The van der Waals surface area contributed by atoms with Gasteiger partial charge in [0, 0.05) is 13.5 Å². The van der Waals surface area contributed by atoms with Crippen molar-refractivity contribution in [3.05, 3.63) is 0 Å². The molecular weight excluding hydrogens is 226 g/mol. The van der Waals surface area contributed by atoms with Crippen molar-refractivity contribution in [3.63, 3.8) is 0 Å². The lowest BCUT2D eigenvalue weighted by Crippen LogP contribution is -2.40. The number of carbonyl (C=O) groups is 2. The van der Waals surface area contributed by atoms with Crippen LogP contribution in [0.4, 0.5) is 0 Å². The molecule has 80 valence electrons. The molecule has 0 rings (SSSR count). The van der Waals surface area contributed by atoms with E-state index in [0.717, 1.165) is 0 Å². The Bertz CT molecular complexity index is 256. The number of rotatable bonds is 5. The van der Waals surface area contributed by atoms with Gasteiger partial charge in [-0.25, -0.2) is 4.79 Å². The minimum Gasteiger partial charge on any atom is -0.481 e. The van der Waals surface area contributed by atoms with E-state index in [0.29, 0.717) is 0 Å². The molecule has 0 heterocycles. The number of hydrogen-bond donors (Lipinski definition) is 3. The Morgan fingerprint density at radius 1 is 1.50 bits per heavy atom. The van der Waals surface area contributed by atoms with E-state index >= 15 is 0 Å². The topological polar surface area (TPSA) is 77.8 Å². The molecule has 0 fully saturated rings. The zero-order chi connectivity index (χ0) is 11.3. The number of nitrogens with zero attached hydrogens (tertiary/aromatic N) is 1. The molecule has 0 amide bonds. The van der Waals surface area contributed by atoms with Crippen molar-refractivity contribution in [3.8, 4) is 0 Å².